The number of carbonyl (C=O) groups excluding carboxylic acids is 1. The first-order valence-electron chi connectivity index (χ1n) is 11.2. The molecule has 1 aliphatic heterocycles. The molecule has 2 aromatic carbocycles. The molecule has 0 aliphatic carbocycles. The molecule has 0 spiro atoms. The van der Waals surface area contributed by atoms with Gasteiger partial charge >= 0.3 is 0 Å². The first kappa shape index (κ1) is 26.1. The minimum Gasteiger partial charge on any atom is -0.497 e. The zero-order valence-electron chi connectivity index (χ0n) is 20.4. The summed E-state index contributed by atoms with van der Waals surface area (Å²) in [5, 5.41) is 12.9. The van der Waals surface area contributed by atoms with Gasteiger partial charge in [0.1, 0.15) is 33.3 Å². The maximum absolute atomic E-state index is 13.3. The number of nitrogens with one attached hydrogen (secondary N) is 1. The first-order valence-corrected chi connectivity index (χ1v) is 12.5. The van der Waals surface area contributed by atoms with Gasteiger partial charge in [-0.15, -0.1) is 0 Å². The highest BCUT2D eigenvalue weighted by Gasteiger charge is 2.32. The van der Waals surface area contributed by atoms with Crippen LogP contribution in [0.4, 0.5) is 10.2 Å². The van der Waals surface area contributed by atoms with Gasteiger partial charge < -0.3 is 10.1 Å². The van der Waals surface area contributed by atoms with E-state index in [1.165, 1.54) is 21.6 Å². The lowest BCUT2D eigenvalue weighted by molar-refractivity contribution is -0.122. The predicted octanol–water partition coefficient (Wildman–Crippen LogP) is 4.73. The van der Waals surface area contributed by atoms with Crippen molar-refractivity contribution in [3.05, 3.63) is 97.4 Å². The van der Waals surface area contributed by atoms with E-state index in [4.69, 9.17) is 17.0 Å². The summed E-state index contributed by atoms with van der Waals surface area (Å²) in [6, 6.07) is 15.4. The Bertz CT molecular complexity index is 1510. The van der Waals surface area contributed by atoms with Gasteiger partial charge in [-0.2, -0.15) is 5.26 Å². The summed E-state index contributed by atoms with van der Waals surface area (Å²) < 4.78 is 20.2. The molecule has 10 heteroatoms. The van der Waals surface area contributed by atoms with Crippen LogP contribution in [0.2, 0.25) is 0 Å². The van der Waals surface area contributed by atoms with Crippen molar-refractivity contribution < 1.29 is 13.9 Å². The molecule has 1 aromatic heterocycles. The molecule has 2 heterocycles. The van der Waals surface area contributed by atoms with E-state index in [9.17, 15) is 19.2 Å². The summed E-state index contributed by atoms with van der Waals surface area (Å²) in [6.07, 6.45) is 1.66. The number of aromatic nitrogens is 1. The molecule has 1 aliphatic rings. The Morgan fingerprint density at radius 3 is 2.41 bits per heavy atom. The number of hydrogen-bond acceptors (Lipinski definition) is 7. The van der Waals surface area contributed by atoms with Crippen molar-refractivity contribution in [1.29, 1.82) is 5.26 Å². The second-order valence-electron chi connectivity index (χ2n) is 8.33. The number of amides is 1. The van der Waals surface area contributed by atoms with E-state index in [1.54, 1.807) is 39.3 Å². The molecular weight excluding hydrogens is 511 g/mol. The zero-order valence-corrected chi connectivity index (χ0v) is 22.0. The van der Waals surface area contributed by atoms with Crippen LogP contribution in [0, 0.1) is 24.1 Å². The summed E-state index contributed by atoms with van der Waals surface area (Å²) in [7, 11) is 3.17. The SMILES string of the molecule is COc1ccc(CNc2c(/C=C3/SC(=S)N(Cc4ccc(F)cc4)C3=O)c(C)c(C#N)c(=O)n2C)cc1. The standard InChI is InChI=1S/C27H23FN4O3S2/c1-16-21(12-23-26(34)32(27(36)37-23)15-18-4-8-19(28)9-5-18)24(31(2)25(33)22(16)13-29)30-14-17-6-10-20(35-3)11-7-17/h4-12,30H,14-15H2,1-3H3/b23-12+. The maximum atomic E-state index is 13.3. The third kappa shape index (κ3) is 5.43. The maximum Gasteiger partial charge on any atom is 0.270 e. The van der Waals surface area contributed by atoms with Crippen molar-refractivity contribution in [2.75, 3.05) is 12.4 Å². The van der Waals surface area contributed by atoms with Crippen LogP contribution >= 0.6 is 24.0 Å². The topological polar surface area (TPSA) is 87.4 Å². The van der Waals surface area contributed by atoms with E-state index in [0.717, 1.165) is 28.6 Å². The molecule has 1 fully saturated rings. The molecule has 0 saturated carbocycles. The molecule has 0 radical (unpaired) electrons. The number of methoxy groups -OCH3 is 1. The van der Waals surface area contributed by atoms with E-state index in [0.29, 0.717) is 32.7 Å². The summed E-state index contributed by atoms with van der Waals surface area (Å²) in [6.45, 7) is 2.29. The van der Waals surface area contributed by atoms with Crippen LogP contribution in [-0.4, -0.2) is 26.8 Å². The Kier molecular flexibility index (Phi) is 7.76. The highest BCUT2D eigenvalue weighted by Crippen LogP contribution is 2.35. The molecule has 188 valence electrons. The third-order valence-electron chi connectivity index (χ3n) is 6.02. The van der Waals surface area contributed by atoms with Gasteiger partial charge in [0.2, 0.25) is 0 Å². The van der Waals surface area contributed by atoms with Gasteiger partial charge in [-0.25, -0.2) is 4.39 Å². The van der Waals surface area contributed by atoms with E-state index in [1.807, 2.05) is 30.3 Å². The molecule has 1 saturated heterocycles. The average Bonchev–Trinajstić information content (AvgIpc) is 3.16. The number of thioether (sulfide) groups is 1. The normalized spacial score (nSPS) is 14.2. The Morgan fingerprint density at radius 2 is 1.78 bits per heavy atom. The number of thiocarbonyl (C=S) groups is 1. The monoisotopic (exact) mass is 534 g/mol. The number of nitrogens with zero attached hydrogens (tertiary/aromatic N) is 3. The molecule has 7 nitrogen and oxygen atoms in total. The molecule has 0 bridgehead atoms. The number of rotatable bonds is 7. The highest BCUT2D eigenvalue weighted by molar-refractivity contribution is 8.26. The van der Waals surface area contributed by atoms with E-state index < -0.39 is 5.56 Å². The van der Waals surface area contributed by atoms with Crippen LogP contribution in [0.3, 0.4) is 0 Å². The Balaban J connectivity index is 1.69. The molecule has 0 atom stereocenters. The Morgan fingerprint density at radius 1 is 1.14 bits per heavy atom. The van der Waals surface area contributed by atoms with Gasteiger partial charge in [0.25, 0.3) is 11.5 Å². The second-order valence-corrected chi connectivity index (χ2v) is 10.0. The number of carbonyl (C=O) groups is 1. The Labute approximate surface area is 223 Å². The predicted molar refractivity (Wildman–Crippen MR) is 147 cm³/mol. The van der Waals surface area contributed by atoms with E-state index >= 15 is 0 Å². The minimum absolute atomic E-state index is 0.00513. The van der Waals surface area contributed by atoms with Crippen LogP contribution in [0.5, 0.6) is 5.75 Å². The smallest absolute Gasteiger partial charge is 0.270 e. The van der Waals surface area contributed by atoms with Crippen molar-refractivity contribution in [3.8, 4) is 11.8 Å². The van der Waals surface area contributed by atoms with Gasteiger partial charge in [-0.3, -0.25) is 19.1 Å². The fourth-order valence-corrected chi connectivity index (χ4v) is 5.15. The van der Waals surface area contributed by atoms with Crippen molar-refractivity contribution in [2.24, 2.45) is 7.05 Å². The van der Waals surface area contributed by atoms with Crippen LogP contribution < -0.4 is 15.6 Å². The number of benzene rings is 2. The molecule has 37 heavy (non-hydrogen) atoms. The van der Waals surface area contributed by atoms with Crippen molar-refractivity contribution in [1.82, 2.24) is 9.47 Å². The highest BCUT2D eigenvalue weighted by atomic mass is 32.2. The molecule has 1 amide bonds. The first-order chi connectivity index (χ1) is 17.7. The summed E-state index contributed by atoms with van der Waals surface area (Å²) in [5.74, 6) is 0.546. The van der Waals surface area contributed by atoms with E-state index in [2.05, 4.69) is 5.32 Å². The number of nitriles is 1. The minimum atomic E-state index is -0.432. The third-order valence-corrected chi connectivity index (χ3v) is 7.40. The number of halogens is 1. The van der Waals surface area contributed by atoms with Crippen LogP contribution in [0.15, 0.2) is 58.2 Å². The van der Waals surface area contributed by atoms with Gasteiger partial charge in [0.15, 0.2) is 0 Å². The average molecular weight is 535 g/mol. The lowest BCUT2D eigenvalue weighted by Crippen LogP contribution is -2.27. The van der Waals surface area contributed by atoms with Crippen molar-refractivity contribution in [2.45, 2.75) is 20.0 Å². The molecule has 4 rings (SSSR count). The van der Waals surface area contributed by atoms with Gasteiger partial charge in [0, 0.05) is 19.2 Å². The molecule has 0 unspecified atom stereocenters. The van der Waals surface area contributed by atoms with Gasteiger partial charge in [0.05, 0.1) is 18.6 Å². The zero-order chi connectivity index (χ0) is 26.7. The Hall–Kier alpha value is -3.94. The lowest BCUT2D eigenvalue weighted by Gasteiger charge is -2.18. The second kappa shape index (κ2) is 11.0. The van der Waals surface area contributed by atoms with Crippen LogP contribution in [0.25, 0.3) is 6.08 Å². The fourth-order valence-electron chi connectivity index (χ4n) is 3.91. The van der Waals surface area contributed by atoms with Gasteiger partial charge in [-0.1, -0.05) is 48.2 Å². The number of pyridine rings is 1. The van der Waals surface area contributed by atoms with Crippen molar-refractivity contribution >= 4 is 46.1 Å². The quantitative estimate of drug-likeness (QED) is 0.347. The van der Waals surface area contributed by atoms with E-state index in [-0.39, 0.29) is 23.8 Å². The lowest BCUT2D eigenvalue weighted by atomic mass is 10.0. The largest absolute Gasteiger partial charge is 0.497 e. The van der Waals surface area contributed by atoms with Crippen LogP contribution in [0.1, 0.15) is 27.8 Å². The van der Waals surface area contributed by atoms with Crippen LogP contribution in [-0.2, 0) is 24.9 Å². The molecular formula is C27H23FN4O3S2. The molecule has 1 N–H and O–H groups in total. The molecule has 3 aromatic rings. The van der Waals surface area contributed by atoms with Crippen molar-refractivity contribution in [3.63, 3.8) is 0 Å². The summed E-state index contributed by atoms with van der Waals surface area (Å²) in [4.78, 5) is 27.9. The fraction of sp³-hybridized carbons (Fsp3) is 0.185. The number of hydrogen-bond donors (Lipinski definition) is 1. The summed E-state index contributed by atoms with van der Waals surface area (Å²) >= 11 is 6.59. The van der Waals surface area contributed by atoms with Gasteiger partial charge in [-0.05, 0) is 54.0 Å². The number of anilines is 1. The number of ether oxygens (including phenoxy) is 1. The summed E-state index contributed by atoms with van der Waals surface area (Å²) in [5.41, 5.74) is 2.28.